The number of nitrogens with zero attached hydrogens (tertiary/aromatic N) is 3. The third-order valence-corrected chi connectivity index (χ3v) is 5.28. The number of thioether (sulfide) groups is 1. The number of carbonyl (C=O) groups is 1. The lowest BCUT2D eigenvalue weighted by Gasteiger charge is -2.14. The number of ether oxygens (including phenoxy) is 1. The topological polar surface area (TPSA) is 82.2 Å². The highest BCUT2D eigenvalue weighted by atomic mass is 79.9. The van der Waals surface area contributed by atoms with Gasteiger partial charge in [-0.15, -0.1) is 10.2 Å². The molecule has 1 atom stereocenters. The van der Waals surface area contributed by atoms with Gasteiger partial charge in [-0.25, -0.2) is 0 Å². The maximum atomic E-state index is 12.0. The molecule has 3 rings (SSSR count). The highest BCUT2D eigenvalue weighted by Crippen LogP contribution is 2.24. The monoisotopic (exact) mass is 450 g/mol. The quantitative estimate of drug-likeness (QED) is 0.526. The Hall–Kier alpha value is -2.26. The first-order chi connectivity index (χ1) is 13.0. The summed E-state index contributed by atoms with van der Waals surface area (Å²) in [4.78, 5) is 12.0. The number of hydrogen-bond donors (Lipinski definition) is 1. The molecule has 0 radical (unpaired) electrons. The molecule has 1 amide bonds. The van der Waals surface area contributed by atoms with Gasteiger partial charge in [0.15, 0.2) is 17.1 Å². The van der Waals surface area contributed by atoms with E-state index in [1.54, 1.807) is 12.3 Å². The van der Waals surface area contributed by atoms with Gasteiger partial charge in [0.25, 0.3) is 0 Å². The molecule has 1 N–H and O–H groups in total. The molecular weight excluding hydrogens is 432 g/mol. The molecule has 3 aromatic rings. The Morgan fingerprint density at radius 2 is 2.11 bits per heavy atom. The summed E-state index contributed by atoms with van der Waals surface area (Å²) in [6.45, 7) is 2.28. The van der Waals surface area contributed by atoms with Crippen LogP contribution in [0.2, 0.25) is 0 Å². The van der Waals surface area contributed by atoms with Crippen LogP contribution in [0.15, 0.2) is 56.7 Å². The largest absolute Gasteiger partial charge is 0.483 e. The van der Waals surface area contributed by atoms with Crippen LogP contribution in [-0.4, -0.2) is 26.4 Å². The van der Waals surface area contributed by atoms with Crippen molar-refractivity contribution in [3.05, 3.63) is 58.7 Å². The second-order valence-corrected chi connectivity index (χ2v) is 7.62. The summed E-state index contributed by atoms with van der Waals surface area (Å²) in [6.07, 6.45) is 1.31. The fourth-order valence-corrected chi connectivity index (χ4v) is 3.37. The van der Waals surface area contributed by atoms with Crippen molar-refractivity contribution >= 4 is 33.6 Å². The molecule has 0 saturated heterocycles. The van der Waals surface area contributed by atoms with Crippen molar-refractivity contribution in [1.29, 1.82) is 0 Å². The lowest BCUT2D eigenvalue weighted by Crippen LogP contribution is -2.24. The Morgan fingerprint density at radius 3 is 2.81 bits per heavy atom. The van der Waals surface area contributed by atoms with Crippen molar-refractivity contribution in [2.45, 2.75) is 24.7 Å². The number of benzene rings is 1. The lowest BCUT2D eigenvalue weighted by atomic mass is 10.3. The van der Waals surface area contributed by atoms with Crippen molar-refractivity contribution in [3.8, 4) is 5.75 Å². The zero-order valence-corrected chi connectivity index (χ0v) is 17.3. The van der Waals surface area contributed by atoms with E-state index in [0.717, 1.165) is 10.2 Å². The highest BCUT2D eigenvalue weighted by molar-refractivity contribution is 9.10. The molecule has 0 spiro atoms. The third kappa shape index (κ3) is 5.36. The molecule has 0 aliphatic rings. The summed E-state index contributed by atoms with van der Waals surface area (Å²) in [6, 6.07) is 11.2. The van der Waals surface area contributed by atoms with E-state index in [2.05, 4.69) is 31.4 Å². The molecule has 0 aliphatic heterocycles. The van der Waals surface area contributed by atoms with Crippen molar-refractivity contribution in [3.63, 3.8) is 0 Å². The molecule has 9 heteroatoms. The zero-order valence-electron chi connectivity index (χ0n) is 14.9. The van der Waals surface area contributed by atoms with E-state index in [1.807, 2.05) is 48.9 Å². The van der Waals surface area contributed by atoms with Gasteiger partial charge in [-0.05, 0) is 43.3 Å². The Bertz CT molecular complexity index is 881. The predicted octanol–water partition coefficient (Wildman–Crippen LogP) is 3.72. The van der Waals surface area contributed by atoms with E-state index in [9.17, 15) is 4.79 Å². The maximum Gasteiger partial charge on any atom is 0.230 e. The average molecular weight is 451 g/mol. The number of halogens is 1. The molecule has 142 valence electrons. The number of furan rings is 1. The first-order valence-corrected chi connectivity index (χ1v) is 10.0. The van der Waals surface area contributed by atoms with E-state index >= 15 is 0 Å². The molecule has 0 aliphatic carbocycles. The van der Waals surface area contributed by atoms with Crippen LogP contribution < -0.4 is 10.1 Å². The molecule has 2 heterocycles. The van der Waals surface area contributed by atoms with Gasteiger partial charge in [-0.2, -0.15) is 0 Å². The summed E-state index contributed by atoms with van der Waals surface area (Å²) in [5, 5.41) is 11.8. The van der Waals surface area contributed by atoms with Gasteiger partial charge in [0.2, 0.25) is 5.91 Å². The second kappa shape index (κ2) is 9.09. The molecule has 0 fully saturated rings. The summed E-state index contributed by atoms with van der Waals surface area (Å²) in [5.41, 5.74) is 0. The summed E-state index contributed by atoms with van der Waals surface area (Å²) >= 11 is 4.72. The van der Waals surface area contributed by atoms with Crippen molar-refractivity contribution < 1.29 is 13.9 Å². The summed E-state index contributed by atoms with van der Waals surface area (Å²) < 4.78 is 13.9. The van der Waals surface area contributed by atoms with Crippen LogP contribution in [0.1, 0.15) is 24.6 Å². The first kappa shape index (κ1) is 19.5. The van der Waals surface area contributed by atoms with Crippen LogP contribution >= 0.6 is 27.7 Å². The van der Waals surface area contributed by atoms with E-state index < -0.39 is 0 Å². The van der Waals surface area contributed by atoms with Gasteiger partial charge in [0.1, 0.15) is 11.5 Å². The van der Waals surface area contributed by atoms with Crippen molar-refractivity contribution in [2.24, 2.45) is 7.05 Å². The zero-order chi connectivity index (χ0) is 19.2. The van der Waals surface area contributed by atoms with Crippen LogP contribution in [-0.2, 0) is 18.4 Å². The molecule has 0 saturated carbocycles. The molecule has 0 bridgehead atoms. The molecule has 1 unspecified atom stereocenters. The first-order valence-electron chi connectivity index (χ1n) is 8.26. The number of hydrogen-bond acceptors (Lipinski definition) is 6. The molecule has 27 heavy (non-hydrogen) atoms. The summed E-state index contributed by atoms with van der Waals surface area (Å²) in [7, 11) is 1.86. The van der Waals surface area contributed by atoms with Gasteiger partial charge in [-0.3, -0.25) is 4.79 Å². The van der Waals surface area contributed by atoms with Crippen LogP contribution in [0.4, 0.5) is 0 Å². The minimum absolute atomic E-state index is 0.0971. The fourth-order valence-electron chi connectivity index (χ4n) is 2.36. The van der Waals surface area contributed by atoms with Crippen LogP contribution in [0.25, 0.3) is 0 Å². The Balaban J connectivity index is 1.53. The minimum Gasteiger partial charge on any atom is -0.483 e. The number of carbonyl (C=O) groups excluding carboxylic acids is 1. The van der Waals surface area contributed by atoms with E-state index in [1.165, 1.54) is 11.8 Å². The number of rotatable bonds is 8. The second-order valence-electron chi connectivity index (χ2n) is 5.76. The van der Waals surface area contributed by atoms with Gasteiger partial charge in [0.05, 0.1) is 18.6 Å². The van der Waals surface area contributed by atoms with Crippen LogP contribution in [0, 0.1) is 0 Å². The third-order valence-electron chi connectivity index (χ3n) is 3.73. The Labute approximate surface area is 169 Å². The molecule has 2 aromatic heterocycles. The van der Waals surface area contributed by atoms with Gasteiger partial charge >= 0.3 is 0 Å². The van der Waals surface area contributed by atoms with E-state index in [4.69, 9.17) is 9.15 Å². The smallest absolute Gasteiger partial charge is 0.230 e. The predicted molar refractivity (Wildman–Crippen MR) is 105 cm³/mol. The van der Waals surface area contributed by atoms with E-state index in [0.29, 0.717) is 23.3 Å². The lowest BCUT2D eigenvalue weighted by molar-refractivity contribution is -0.118. The fraction of sp³-hybridized carbons (Fsp3) is 0.278. The highest BCUT2D eigenvalue weighted by Gasteiger charge is 2.18. The molecular formula is C18H19BrN4O3S. The average Bonchev–Trinajstić information content (AvgIpc) is 3.30. The van der Waals surface area contributed by atoms with Gasteiger partial charge < -0.3 is 19.0 Å². The van der Waals surface area contributed by atoms with Crippen LogP contribution in [0.3, 0.4) is 0 Å². The normalized spacial score (nSPS) is 12.0. The standard InChI is InChI=1S/C18H19BrN4O3S/c1-12(26-14-7-5-13(19)6-8-14)17-21-22-18(23(17)2)27-11-16(24)20-10-15-4-3-9-25-15/h3-9,12H,10-11H2,1-2H3,(H,20,24). The maximum absolute atomic E-state index is 12.0. The molecule has 1 aromatic carbocycles. The Morgan fingerprint density at radius 1 is 1.33 bits per heavy atom. The number of aromatic nitrogens is 3. The molecule has 7 nitrogen and oxygen atoms in total. The van der Waals surface area contributed by atoms with E-state index in [-0.39, 0.29) is 17.8 Å². The summed E-state index contributed by atoms with van der Waals surface area (Å²) in [5.74, 6) is 2.30. The number of nitrogens with one attached hydrogen (secondary N) is 1. The number of amides is 1. The Kier molecular flexibility index (Phi) is 6.57. The van der Waals surface area contributed by atoms with Crippen LogP contribution in [0.5, 0.6) is 5.75 Å². The van der Waals surface area contributed by atoms with Gasteiger partial charge in [-0.1, -0.05) is 27.7 Å². The van der Waals surface area contributed by atoms with Crippen molar-refractivity contribution in [2.75, 3.05) is 5.75 Å². The van der Waals surface area contributed by atoms with Crippen molar-refractivity contribution in [1.82, 2.24) is 20.1 Å². The minimum atomic E-state index is -0.272. The SMILES string of the molecule is CC(Oc1ccc(Br)cc1)c1nnc(SCC(=O)NCc2ccco2)n1C. The van der Waals surface area contributed by atoms with Gasteiger partial charge in [0, 0.05) is 11.5 Å².